The number of aliphatic hydroxyl groups is 1. The zero-order valence-corrected chi connectivity index (χ0v) is 19.5. The first-order chi connectivity index (χ1) is 16.6. The van der Waals surface area contributed by atoms with Crippen LogP contribution in [0.25, 0.3) is 11.1 Å². The first-order valence-corrected chi connectivity index (χ1v) is 11.5. The Kier molecular flexibility index (Phi) is 6.24. The van der Waals surface area contributed by atoms with Gasteiger partial charge in [-0.2, -0.15) is 10.1 Å². The van der Waals surface area contributed by atoms with Gasteiger partial charge < -0.3 is 21.1 Å². The zero-order valence-electron chi connectivity index (χ0n) is 19.5. The molecule has 0 saturated carbocycles. The van der Waals surface area contributed by atoms with Gasteiger partial charge in [0.05, 0.1) is 19.3 Å². The highest BCUT2D eigenvalue weighted by atomic mass is 16.3. The topological polar surface area (TPSA) is 99.9 Å². The van der Waals surface area contributed by atoms with Crippen molar-refractivity contribution in [3.05, 3.63) is 77.2 Å². The summed E-state index contributed by atoms with van der Waals surface area (Å²) in [5, 5.41) is 23.9. The smallest absolute Gasteiger partial charge is 0.229 e. The molecule has 174 valence electrons. The van der Waals surface area contributed by atoms with E-state index in [0.717, 1.165) is 42.0 Å². The van der Waals surface area contributed by atoms with Gasteiger partial charge >= 0.3 is 0 Å². The van der Waals surface area contributed by atoms with Crippen LogP contribution >= 0.6 is 0 Å². The molecule has 0 fully saturated rings. The van der Waals surface area contributed by atoms with Crippen molar-refractivity contribution in [2.45, 2.75) is 33.4 Å². The van der Waals surface area contributed by atoms with Gasteiger partial charge in [0.1, 0.15) is 5.82 Å². The Bertz CT molecular complexity index is 1290. The predicted octanol–water partition coefficient (Wildman–Crippen LogP) is 4.08. The molecule has 1 aliphatic heterocycles. The summed E-state index contributed by atoms with van der Waals surface area (Å²) < 4.78 is 1.71. The quantitative estimate of drug-likeness (QED) is 0.333. The minimum atomic E-state index is 0.0324. The van der Waals surface area contributed by atoms with Crippen LogP contribution in [0.2, 0.25) is 0 Å². The molecule has 0 radical (unpaired) electrons. The lowest BCUT2D eigenvalue weighted by molar-refractivity contribution is 0.269. The predicted molar refractivity (Wildman–Crippen MR) is 135 cm³/mol. The second-order valence-corrected chi connectivity index (χ2v) is 8.71. The van der Waals surface area contributed by atoms with Crippen molar-refractivity contribution in [2.24, 2.45) is 0 Å². The van der Waals surface area contributed by atoms with Crippen LogP contribution in [0.3, 0.4) is 0 Å². The van der Waals surface area contributed by atoms with E-state index in [0.29, 0.717) is 18.3 Å². The molecule has 1 aliphatic rings. The Labute approximate surface area is 199 Å². The van der Waals surface area contributed by atoms with E-state index in [1.54, 1.807) is 17.1 Å². The fraction of sp³-hybridized carbons (Fsp3) is 0.269. The van der Waals surface area contributed by atoms with E-state index in [1.165, 1.54) is 22.3 Å². The summed E-state index contributed by atoms with van der Waals surface area (Å²) in [6, 6.07) is 12.8. The number of benzene rings is 2. The Morgan fingerprint density at radius 3 is 2.68 bits per heavy atom. The van der Waals surface area contributed by atoms with Crippen LogP contribution in [0.5, 0.6) is 0 Å². The minimum Gasteiger partial charge on any atom is -0.394 e. The molecule has 4 N–H and O–H groups in total. The first-order valence-electron chi connectivity index (χ1n) is 11.5. The van der Waals surface area contributed by atoms with Crippen LogP contribution in [-0.4, -0.2) is 38.0 Å². The second kappa shape index (κ2) is 9.62. The molecule has 0 bridgehead atoms. The first kappa shape index (κ1) is 22.1. The van der Waals surface area contributed by atoms with Gasteiger partial charge in [0, 0.05) is 41.4 Å². The molecule has 8 heteroatoms. The normalized spacial score (nSPS) is 12.9. The van der Waals surface area contributed by atoms with E-state index in [-0.39, 0.29) is 6.61 Å². The summed E-state index contributed by atoms with van der Waals surface area (Å²) in [5.41, 5.74) is 8.69. The highest BCUT2D eigenvalue weighted by molar-refractivity contribution is 5.78. The van der Waals surface area contributed by atoms with E-state index in [9.17, 15) is 5.11 Å². The number of aryl methyl sites for hydroxylation is 2. The molecule has 2 aromatic carbocycles. The molecule has 0 saturated heterocycles. The maximum Gasteiger partial charge on any atom is 0.229 e. The van der Waals surface area contributed by atoms with Gasteiger partial charge in [-0.05, 0) is 73.3 Å². The van der Waals surface area contributed by atoms with Gasteiger partial charge in [0.2, 0.25) is 5.95 Å². The molecule has 8 nitrogen and oxygen atoms in total. The van der Waals surface area contributed by atoms with Crippen molar-refractivity contribution in [2.75, 3.05) is 23.8 Å². The van der Waals surface area contributed by atoms with Crippen molar-refractivity contribution >= 4 is 23.1 Å². The number of anilines is 4. The van der Waals surface area contributed by atoms with Gasteiger partial charge in [0.25, 0.3) is 0 Å². The molecule has 4 aromatic rings. The number of fused-ring (bicyclic) bond motifs is 1. The Morgan fingerprint density at radius 1 is 1.00 bits per heavy atom. The molecule has 3 heterocycles. The zero-order chi connectivity index (χ0) is 23.5. The SMILES string of the molecule is Cc1cc(C)cc(Nc2ncc(-c3cnn(CCO)c3)c(Nc3ccc4c(c3)CNCC4)n2)c1. The second-order valence-electron chi connectivity index (χ2n) is 8.71. The Hall–Kier alpha value is -3.75. The van der Waals surface area contributed by atoms with E-state index in [2.05, 4.69) is 76.3 Å². The number of aliphatic hydroxyl groups excluding tert-OH is 1. The number of nitrogens with one attached hydrogen (secondary N) is 3. The molecular formula is C26H29N7O. The minimum absolute atomic E-state index is 0.0324. The van der Waals surface area contributed by atoms with Crippen molar-refractivity contribution in [3.63, 3.8) is 0 Å². The average molecular weight is 456 g/mol. The maximum atomic E-state index is 9.25. The third kappa shape index (κ3) is 4.93. The van der Waals surface area contributed by atoms with Crippen LogP contribution in [0.15, 0.2) is 55.0 Å². The number of rotatable bonds is 7. The summed E-state index contributed by atoms with van der Waals surface area (Å²) in [7, 11) is 0. The summed E-state index contributed by atoms with van der Waals surface area (Å²) in [4.78, 5) is 9.41. The van der Waals surface area contributed by atoms with E-state index in [1.807, 2.05) is 6.20 Å². The molecular weight excluding hydrogens is 426 g/mol. The van der Waals surface area contributed by atoms with Gasteiger partial charge in [0.15, 0.2) is 0 Å². The molecule has 0 amide bonds. The lowest BCUT2D eigenvalue weighted by Gasteiger charge is -2.19. The molecule has 0 spiro atoms. The van der Waals surface area contributed by atoms with Gasteiger partial charge in [-0.25, -0.2) is 4.98 Å². The summed E-state index contributed by atoms with van der Waals surface area (Å²) in [6.07, 6.45) is 6.52. The van der Waals surface area contributed by atoms with E-state index < -0.39 is 0 Å². The Balaban J connectivity index is 1.50. The monoisotopic (exact) mass is 455 g/mol. The molecule has 0 unspecified atom stereocenters. The van der Waals surface area contributed by atoms with Crippen molar-refractivity contribution < 1.29 is 5.11 Å². The standard InChI is InChI=1S/C26H29N7O/c1-17-9-18(2)11-23(10-17)31-26-28-15-24(21-14-29-33(16-21)7-8-34)25(32-26)30-22-4-3-19-5-6-27-13-20(19)12-22/h3-4,9-12,14-16,27,34H,5-8,13H2,1-2H3,(H2,28,30,31,32). The van der Waals surface area contributed by atoms with Crippen molar-refractivity contribution in [1.82, 2.24) is 25.1 Å². The van der Waals surface area contributed by atoms with Gasteiger partial charge in [-0.15, -0.1) is 0 Å². The molecule has 0 aliphatic carbocycles. The van der Waals surface area contributed by atoms with Crippen molar-refractivity contribution in [3.8, 4) is 11.1 Å². The maximum absolute atomic E-state index is 9.25. The van der Waals surface area contributed by atoms with Crippen molar-refractivity contribution in [1.29, 1.82) is 0 Å². The van der Waals surface area contributed by atoms with Crippen LogP contribution in [0.1, 0.15) is 22.3 Å². The van der Waals surface area contributed by atoms with Crippen LogP contribution in [0, 0.1) is 13.8 Å². The summed E-state index contributed by atoms with van der Waals surface area (Å²) in [6.45, 7) is 6.50. The van der Waals surface area contributed by atoms with E-state index >= 15 is 0 Å². The summed E-state index contributed by atoms with van der Waals surface area (Å²) >= 11 is 0. The Morgan fingerprint density at radius 2 is 1.85 bits per heavy atom. The third-order valence-corrected chi connectivity index (χ3v) is 5.90. The number of aromatic nitrogens is 4. The number of hydrogen-bond acceptors (Lipinski definition) is 7. The van der Waals surface area contributed by atoms with Gasteiger partial charge in [-0.1, -0.05) is 12.1 Å². The third-order valence-electron chi connectivity index (χ3n) is 5.90. The fourth-order valence-corrected chi connectivity index (χ4v) is 4.35. The highest BCUT2D eigenvalue weighted by Gasteiger charge is 2.14. The average Bonchev–Trinajstić information content (AvgIpc) is 3.27. The molecule has 2 aromatic heterocycles. The fourth-order valence-electron chi connectivity index (χ4n) is 4.35. The van der Waals surface area contributed by atoms with Crippen LogP contribution in [0.4, 0.5) is 23.1 Å². The molecule has 34 heavy (non-hydrogen) atoms. The van der Waals surface area contributed by atoms with Gasteiger partial charge in [-0.3, -0.25) is 4.68 Å². The summed E-state index contributed by atoms with van der Waals surface area (Å²) in [5.74, 6) is 1.20. The largest absolute Gasteiger partial charge is 0.394 e. The lowest BCUT2D eigenvalue weighted by atomic mass is 10.0. The lowest BCUT2D eigenvalue weighted by Crippen LogP contribution is -2.23. The highest BCUT2D eigenvalue weighted by Crippen LogP contribution is 2.31. The number of hydrogen-bond donors (Lipinski definition) is 4. The molecule has 0 atom stereocenters. The van der Waals surface area contributed by atoms with Crippen LogP contribution in [-0.2, 0) is 19.5 Å². The molecule has 5 rings (SSSR count). The van der Waals surface area contributed by atoms with E-state index in [4.69, 9.17) is 4.98 Å². The number of nitrogens with zero attached hydrogens (tertiary/aromatic N) is 4. The van der Waals surface area contributed by atoms with Crippen LogP contribution < -0.4 is 16.0 Å².